The van der Waals surface area contributed by atoms with Crippen LogP contribution in [0.4, 0.5) is 25.4 Å². The zero-order chi connectivity index (χ0) is 19.6. The van der Waals surface area contributed by atoms with Crippen molar-refractivity contribution in [1.29, 1.82) is 0 Å². The fourth-order valence-electron chi connectivity index (χ4n) is 3.18. The number of benzene rings is 1. The van der Waals surface area contributed by atoms with Crippen molar-refractivity contribution in [3.8, 4) is 0 Å². The van der Waals surface area contributed by atoms with Gasteiger partial charge in [0.2, 0.25) is 5.91 Å². The predicted octanol–water partition coefficient (Wildman–Crippen LogP) is 1.09. The van der Waals surface area contributed by atoms with Gasteiger partial charge in [-0.05, 0) is 12.1 Å². The smallest absolute Gasteiger partial charge is 0.414 e. The summed E-state index contributed by atoms with van der Waals surface area (Å²) in [5, 5.41) is 11.6. The van der Waals surface area contributed by atoms with E-state index in [1.165, 1.54) is 22.8 Å². The molecule has 10 heteroatoms. The van der Waals surface area contributed by atoms with E-state index >= 15 is 4.39 Å². The van der Waals surface area contributed by atoms with Crippen molar-refractivity contribution in [3.05, 3.63) is 24.0 Å². The molecule has 2 saturated heterocycles. The number of cyclic esters (lactones) is 1. The summed E-state index contributed by atoms with van der Waals surface area (Å²) in [5.74, 6) is -0.795. The molecule has 2 aliphatic rings. The molecule has 2 fully saturated rings. The number of halogens is 1. The van der Waals surface area contributed by atoms with Crippen LogP contribution in [0.15, 0.2) is 18.2 Å². The highest BCUT2D eigenvalue weighted by atomic mass is 19.1. The Balaban J connectivity index is 1.73. The molecule has 0 radical (unpaired) electrons. The number of amides is 3. The number of anilines is 2. The van der Waals surface area contributed by atoms with Gasteiger partial charge in [-0.2, -0.15) is 0 Å². The molecule has 0 saturated carbocycles. The lowest BCUT2D eigenvalue weighted by Crippen LogP contribution is -2.48. The third kappa shape index (κ3) is 4.04. The Morgan fingerprint density at radius 2 is 1.93 bits per heavy atom. The van der Waals surface area contributed by atoms with Crippen molar-refractivity contribution in [1.82, 2.24) is 10.2 Å². The summed E-state index contributed by atoms with van der Waals surface area (Å²) in [4.78, 5) is 38.4. The summed E-state index contributed by atoms with van der Waals surface area (Å²) in [7, 11) is 0. The first-order chi connectivity index (χ1) is 12.9. The molecule has 9 nitrogen and oxygen atoms in total. The van der Waals surface area contributed by atoms with E-state index < -0.39 is 24.1 Å². The molecule has 1 aromatic rings. The number of hydrogen-bond acceptors (Lipinski definition) is 5. The molecular weight excluding hydrogens is 359 g/mol. The first-order valence-electron chi connectivity index (χ1n) is 8.60. The van der Waals surface area contributed by atoms with E-state index in [0.29, 0.717) is 18.8 Å². The summed E-state index contributed by atoms with van der Waals surface area (Å²) in [6.07, 6.45) is -2.21. The first kappa shape index (κ1) is 18.7. The van der Waals surface area contributed by atoms with E-state index in [-0.39, 0.29) is 37.8 Å². The Morgan fingerprint density at radius 3 is 2.56 bits per heavy atom. The van der Waals surface area contributed by atoms with Crippen LogP contribution in [0.25, 0.3) is 0 Å². The molecule has 1 atom stereocenters. The van der Waals surface area contributed by atoms with Gasteiger partial charge in [0.1, 0.15) is 6.10 Å². The third-order valence-electron chi connectivity index (χ3n) is 4.59. The number of nitrogens with zero attached hydrogens (tertiary/aromatic N) is 3. The van der Waals surface area contributed by atoms with Gasteiger partial charge in [0, 0.05) is 33.1 Å². The maximum Gasteiger partial charge on any atom is 0.414 e. The second-order valence-corrected chi connectivity index (χ2v) is 6.42. The van der Waals surface area contributed by atoms with Gasteiger partial charge < -0.3 is 25.0 Å². The van der Waals surface area contributed by atoms with Crippen LogP contribution in [-0.2, 0) is 9.53 Å². The minimum atomic E-state index is -0.992. The Hall–Kier alpha value is -3.04. The Morgan fingerprint density at radius 1 is 1.26 bits per heavy atom. The molecule has 2 N–H and O–H groups in total. The van der Waals surface area contributed by atoms with Crippen molar-refractivity contribution in [2.75, 3.05) is 49.1 Å². The number of ether oxygens (including phenoxy) is 1. The maximum atomic E-state index is 15.1. The highest BCUT2D eigenvalue weighted by Crippen LogP contribution is 2.31. The molecule has 0 bridgehead atoms. The zero-order valence-corrected chi connectivity index (χ0v) is 14.9. The normalized spacial score (nSPS) is 19.9. The number of carbonyl (C=O) groups excluding carboxylic acids is 2. The van der Waals surface area contributed by atoms with Crippen LogP contribution in [0, 0.1) is 5.82 Å². The lowest BCUT2D eigenvalue weighted by Gasteiger charge is -2.35. The van der Waals surface area contributed by atoms with E-state index in [4.69, 9.17) is 9.84 Å². The molecule has 3 amide bonds. The summed E-state index contributed by atoms with van der Waals surface area (Å²) < 4.78 is 20.3. The van der Waals surface area contributed by atoms with Gasteiger partial charge in [0.15, 0.2) is 5.82 Å². The number of rotatable bonds is 4. The van der Waals surface area contributed by atoms with E-state index in [9.17, 15) is 14.4 Å². The molecule has 0 spiro atoms. The van der Waals surface area contributed by atoms with Gasteiger partial charge in [-0.1, -0.05) is 6.07 Å². The van der Waals surface area contributed by atoms with E-state index in [1.54, 1.807) is 17.0 Å². The van der Waals surface area contributed by atoms with Crippen LogP contribution >= 0.6 is 0 Å². The van der Waals surface area contributed by atoms with Crippen molar-refractivity contribution in [2.24, 2.45) is 0 Å². The second kappa shape index (κ2) is 7.68. The molecule has 0 aliphatic carbocycles. The average Bonchev–Trinajstić information content (AvgIpc) is 3.01. The van der Waals surface area contributed by atoms with Gasteiger partial charge >= 0.3 is 12.2 Å². The van der Waals surface area contributed by atoms with E-state index in [0.717, 1.165) is 0 Å². The average molecular weight is 380 g/mol. The number of hydrogen-bond donors (Lipinski definition) is 2. The van der Waals surface area contributed by atoms with E-state index in [2.05, 4.69) is 5.32 Å². The highest BCUT2D eigenvalue weighted by molar-refractivity contribution is 5.90. The lowest BCUT2D eigenvalue weighted by molar-refractivity contribution is -0.119. The van der Waals surface area contributed by atoms with Gasteiger partial charge in [0.05, 0.1) is 24.5 Å². The Kier molecular flexibility index (Phi) is 5.33. The zero-order valence-electron chi connectivity index (χ0n) is 14.9. The van der Waals surface area contributed by atoms with Gasteiger partial charge in [-0.25, -0.2) is 14.0 Å². The number of carboxylic acid groups (broad SMARTS) is 1. The topological polar surface area (TPSA) is 102 Å². The summed E-state index contributed by atoms with van der Waals surface area (Å²) in [6.45, 7) is 2.95. The van der Waals surface area contributed by atoms with Crippen LogP contribution in [0.3, 0.4) is 0 Å². The Labute approximate surface area is 155 Å². The van der Waals surface area contributed by atoms with Gasteiger partial charge in [0.25, 0.3) is 0 Å². The molecule has 1 unspecified atom stereocenters. The minimum Gasteiger partial charge on any atom is -0.465 e. The van der Waals surface area contributed by atoms with Crippen LogP contribution in [0.2, 0.25) is 0 Å². The molecule has 2 aliphatic heterocycles. The lowest BCUT2D eigenvalue weighted by atomic mass is 10.2. The predicted molar refractivity (Wildman–Crippen MR) is 94.5 cm³/mol. The molecule has 27 heavy (non-hydrogen) atoms. The van der Waals surface area contributed by atoms with Crippen molar-refractivity contribution < 1.29 is 28.6 Å². The monoisotopic (exact) mass is 380 g/mol. The molecule has 146 valence electrons. The van der Waals surface area contributed by atoms with Crippen molar-refractivity contribution in [3.63, 3.8) is 0 Å². The molecule has 1 aromatic carbocycles. The van der Waals surface area contributed by atoms with E-state index in [1.807, 2.05) is 0 Å². The van der Waals surface area contributed by atoms with Gasteiger partial charge in [-0.3, -0.25) is 9.69 Å². The third-order valence-corrected chi connectivity index (χ3v) is 4.59. The summed E-state index contributed by atoms with van der Waals surface area (Å²) in [5.41, 5.74) is 0.416. The fraction of sp³-hybridized carbons (Fsp3) is 0.471. The minimum absolute atomic E-state index is 0.100. The van der Waals surface area contributed by atoms with Crippen molar-refractivity contribution >= 4 is 29.5 Å². The highest BCUT2D eigenvalue weighted by Gasteiger charge is 2.35. The van der Waals surface area contributed by atoms with Crippen LogP contribution in [0.5, 0.6) is 0 Å². The SMILES string of the molecule is CC(=O)NCC1CN(c2cccc(N3CCN(C(=O)O)CC3)c2F)C(=O)O1. The quantitative estimate of drug-likeness (QED) is 0.811. The molecule has 2 heterocycles. The standard InChI is InChI=1S/C17H21FN4O5/c1-11(23)19-9-12-10-22(17(26)27-12)14-4-2-3-13(15(14)18)20-5-7-21(8-6-20)16(24)25/h2-4,12H,5-10H2,1H3,(H,19,23)(H,24,25). The summed E-state index contributed by atoms with van der Waals surface area (Å²) in [6, 6.07) is 4.74. The number of piperazine rings is 1. The first-order valence-corrected chi connectivity index (χ1v) is 8.60. The van der Waals surface area contributed by atoms with Crippen molar-refractivity contribution in [2.45, 2.75) is 13.0 Å². The summed E-state index contributed by atoms with van der Waals surface area (Å²) >= 11 is 0. The van der Waals surface area contributed by atoms with Crippen LogP contribution < -0.4 is 15.1 Å². The molecule has 0 aromatic heterocycles. The fourth-order valence-corrected chi connectivity index (χ4v) is 3.18. The second-order valence-electron chi connectivity index (χ2n) is 6.42. The maximum absolute atomic E-state index is 15.1. The van der Waals surface area contributed by atoms with Crippen LogP contribution in [-0.4, -0.2) is 73.5 Å². The van der Waals surface area contributed by atoms with Gasteiger partial charge in [-0.15, -0.1) is 0 Å². The number of carbonyl (C=O) groups is 3. The molecule has 3 rings (SSSR count). The van der Waals surface area contributed by atoms with Crippen LogP contribution in [0.1, 0.15) is 6.92 Å². The Bertz CT molecular complexity index is 751. The largest absolute Gasteiger partial charge is 0.465 e. The number of nitrogens with one attached hydrogen (secondary N) is 1. The molecular formula is C17H21FN4O5.